The Bertz CT molecular complexity index is 634. The van der Waals surface area contributed by atoms with Gasteiger partial charge in [-0.15, -0.1) is 11.3 Å². The molecular weight excluding hydrogens is 277 g/mol. The van der Waals surface area contributed by atoms with Crippen molar-refractivity contribution in [3.05, 3.63) is 46.7 Å². The van der Waals surface area contributed by atoms with Crippen molar-refractivity contribution in [2.45, 2.75) is 25.3 Å². The average Bonchev–Trinajstić information content (AvgIpc) is 3.06. The van der Waals surface area contributed by atoms with Crippen LogP contribution in [0.4, 0.5) is 14.3 Å². The first-order valence-corrected chi connectivity index (χ1v) is 7.23. The van der Waals surface area contributed by atoms with Gasteiger partial charge in [0.15, 0.2) is 5.13 Å². The molecule has 0 bridgehead atoms. The van der Waals surface area contributed by atoms with Gasteiger partial charge in [0.2, 0.25) is 0 Å². The molecule has 0 radical (unpaired) electrons. The second kappa shape index (κ2) is 4.86. The number of aryl methyl sites for hydroxylation is 1. The molecule has 20 heavy (non-hydrogen) atoms. The molecule has 4 nitrogen and oxygen atoms in total. The van der Waals surface area contributed by atoms with E-state index >= 15 is 0 Å². The predicted octanol–water partition coefficient (Wildman–Crippen LogP) is 3.40. The number of halogens is 1. The summed E-state index contributed by atoms with van der Waals surface area (Å²) in [5.41, 5.74) is 1.46. The number of hydrogen-bond donors (Lipinski definition) is 2. The lowest BCUT2D eigenvalue weighted by Crippen LogP contribution is -2.38. The number of anilines is 1. The number of thiazole rings is 1. The van der Waals surface area contributed by atoms with Gasteiger partial charge in [-0.1, -0.05) is 12.1 Å². The van der Waals surface area contributed by atoms with Crippen LogP contribution in [-0.2, 0) is 5.54 Å². The minimum absolute atomic E-state index is 0.271. The van der Waals surface area contributed by atoms with Gasteiger partial charge in [-0.05, 0) is 37.5 Å². The Labute approximate surface area is 120 Å². The third kappa shape index (κ3) is 2.65. The van der Waals surface area contributed by atoms with E-state index in [1.54, 1.807) is 12.1 Å². The number of nitrogens with zero attached hydrogens (tertiary/aromatic N) is 1. The lowest BCUT2D eigenvalue weighted by atomic mass is 10.1. The van der Waals surface area contributed by atoms with Gasteiger partial charge in [-0.25, -0.2) is 14.2 Å². The molecule has 6 heteroatoms. The van der Waals surface area contributed by atoms with Crippen LogP contribution < -0.4 is 10.6 Å². The number of amides is 2. The van der Waals surface area contributed by atoms with Crippen LogP contribution in [0, 0.1) is 12.7 Å². The van der Waals surface area contributed by atoms with E-state index in [9.17, 15) is 9.18 Å². The van der Waals surface area contributed by atoms with Gasteiger partial charge in [0, 0.05) is 5.38 Å². The molecule has 2 N–H and O–H groups in total. The number of hydrogen-bond acceptors (Lipinski definition) is 3. The molecule has 1 saturated carbocycles. The first-order chi connectivity index (χ1) is 9.57. The van der Waals surface area contributed by atoms with Crippen LogP contribution in [0.5, 0.6) is 0 Å². The molecular formula is C14H14FN3OS. The van der Waals surface area contributed by atoms with Crippen LogP contribution >= 0.6 is 11.3 Å². The number of benzene rings is 1. The molecule has 1 heterocycles. The van der Waals surface area contributed by atoms with Crippen LogP contribution in [0.1, 0.15) is 24.1 Å². The topological polar surface area (TPSA) is 54.0 Å². The summed E-state index contributed by atoms with van der Waals surface area (Å²) in [6.45, 7) is 1.88. The van der Waals surface area contributed by atoms with E-state index in [-0.39, 0.29) is 17.4 Å². The Morgan fingerprint density at radius 2 is 2.05 bits per heavy atom. The van der Waals surface area contributed by atoms with Crippen molar-refractivity contribution in [1.29, 1.82) is 0 Å². The Balaban J connectivity index is 1.67. The highest BCUT2D eigenvalue weighted by atomic mass is 32.1. The molecule has 3 rings (SSSR count). The zero-order valence-corrected chi connectivity index (χ0v) is 11.8. The highest BCUT2D eigenvalue weighted by Crippen LogP contribution is 2.45. The number of nitrogens with one attached hydrogen (secondary N) is 2. The van der Waals surface area contributed by atoms with Gasteiger partial charge in [-0.3, -0.25) is 5.32 Å². The number of urea groups is 1. The molecule has 0 atom stereocenters. The standard InChI is InChI=1S/C14H14FN3OS/c1-9-8-20-13(16-9)17-12(19)18-14(6-7-14)10-2-4-11(15)5-3-10/h2-5,8H,6-7H2,1H3,(H2,16,17,18,19). The van der Waals surface area contributed by atoms with E-state index in [1.165, 1.54) is 23.5 Å². The van der Waals surface area contributed by atoms with Crippen molar-refractivity contribution < 1.29 is 9.18 Å². The molecule has 1 aliphatic carbocycles. The van der Waals surface area contributed by atoms with E-state index in [2.05, 4.69) is 15.6 Å². The maximum Gasteiger partial charge on any atom is 0.321 e. The van der Waals surface area contributed by atoms with Gasteiger partial charge < -0.3 is 5.32 Å². The molecule has 1 aliphatic rings. The second-order valence-electron chi connectivity index (χ2n) is 4.96. The molecule has 0 spiro atoms. The Hall–Kier alpha value is -1.95. The van der Waals surface area contributed by atoms with Crippen LogP contribution in [0.2, 0.25) is 0 Å². The molecule has 0 unspecified atom stereocenters. The molecule has 104 valence electrons. The van der Waals surface area contributed by atoms with Gasteiger partial charge in [0.25, 0.3) is 0 Å². The summed E-state index contributed by atoms with van der Waals surface area (Å²) in [6, 6.07) is 5.99. The maximum absolute atomic E-state index is 12.9. The Morgan fingerprint density at radius 1 is 1.35 bits per heavy atom. The average molecular weight is 291 g/mol. The van der Waals surface area contributed by atoms with Crippen LogP contribution in [-0.4, -0.2) is 11.0 Å². The number of aromatic nitrogens is 1. The highest BCUT2D eigenvalue weighted by Gasteiger charge is 2.45. The van der Waals surface area contributed by atoms with Crippen molar-refractivity contribution in [2.24, 2.45) is 0 Å². The lowest BCUT2D eigenvalue weighted by Gasteiger charge is -2.17. The van der Waals surface area contributed by atoms with Crippen LogP contribution in [0.3, 0.4) is 0 Å². The molecule has 1 aromatic heterocycles. The molecule has 2 amide bonds. The molecule has 0 saturated heterocycles. The summed E-state index contributed by atoms with van der Waals surface area (Å²) in [4.78, 5) is 16.2. The Kier molecular flexibility index (Phi) is 3.17. The van der Waals surface area contributed by atoms with E-state index in [1.807, 2.05) is 12.3 Å². The summed E-state index contributed by atoms with van der Waals surface area (Å²) < 4.78 is 12.9. The van der Waals surface area contributed by atoms with E-state index < -0.39 is 0 Å². The third-order valence-corrected chi connectivity index (χ3v) is 4.21. The van der Waals surface area contributed by atoms with Crippen molar-refractivity contribution >= 4 is 22.5 Å². The molecule has 2 aromatic rings. The SMILES string of the molecule is Cc1csc(NC(=O)NC2(c3ccc(F)cc3)CC2)n1. The maximum atomic E-state index is 12.9. The zero-order valence-electron chi connectivity index (χ0n) is 10.9. The zero-order chi connectivity index (χ0) is 14.2. The van der Waals surface area contributed by atoms with Crippen LogP contribution in [0.15, 0.2) is 29.6 Å². The van der Waals surface area contributed by atoms with E-state index in [0.717, 1.165) is 24.1 Å². The number of carbonyl (C=O) groups excluding carboxylic acids is 1. The first kappa shape index (κ1) is 13.1. The van der Waals surface area contributed by atoms with Crippen molar-refractivity contribution in [2.75, 3.05) is 5.32 Å². The smallest absolute Gasteiger partial charge is 0.321 e. The summed E-state index contributed by atoms with van der Waals surface area (Å²) in [5.74, 6) is -0.271. The molecule has 1 fully saturated rings. The largest absolute Gasteiger partial charge is 0.328 e. The van der Waals surface area contributed by atoms with Gasteiger partial charge in [0.1, 0.15) is 5.82 Å². The number of rotatable bonds is 3. The first-order valence-electron chi connectivity index (χ1n) is 6.35. The van der Waals surface area contributed by atoms with Crippen LogP contribution in [0.25, 0.3) is 0 Å². The number of carbonyl (C=O) groups is 1. The summed E-state index contributed by atoms with van der Waals surface area (Å²) in [5, 5.41) is 8.13. The monoisotopic (exact) mass is 291 g/mol. The van der Waals surface area contributed by atoms with Crippen molar-refractivity contribution in [3.63, 3.8) is 0 Å². The summed E-state index contributed by atoms with van der Waals surface area (Å²) in [6.07, 6.45) is 1.73. The highest BCUT2D eigenvalue weighted by molar-refractivity contribution is 7.13. The molecule has 1 aromatic carbocycles. The van der Waals surface area contributed by atoms with Crippen molar-refractivity contribution in [3.8, 4) is 0 Å². The predicted molar refractivity (Wildman–Crippen MR) is 76.3 cm³/mol. The normalized spacial score (nSPS) is 15.7. The third-order valence-electron chi connectivity index (χ3n) is 3.34. The van der Waals surface area contributed by atoms with E-state index in [4.69, 9.17) is 0 Å². The van der Waals surface area contributed by atoms with Gasteiger partial charge in [0.05, 0.1) is 11.2 Å². The van der Waals surface area contributed by atoms with Gasteiger partial charge in [-0.2, -0.15) is 0 Å². The Morgan fingerprint density at radius 3 is 2.60 bits per heavy atom. The van der Waals surface area contributed by atoms with Gasteiger partial charge >= 0.3 is 6.03 Å². The second-order valence-corrected chi connectivity index (χ2v) is 5.82. The minimum atomic E-state index is -0.357. The molecule has 0 aliphatic heterocycles. The van der Waals surface area contributed by atoms with Crippen molar-refractivity contribution in [1.82, 2.24) is 10.3 Å². The quantitative estimate of drug-likeness (QED) is 0.910. The fourth-order valence-electron chi connectivity index (χ4n) is 2.14. The minimum Gasteiger partial charge on any atom is -0.328 e. The fourth-order valence-corrected chi connectivity index (χ4v) is 2.82. The van der Waals surface area contributed by atoms with E-state index in [0.29, 0.717) is 5.13 Å². The fraction of sp³-hybridized carbons (Fsp3) is 0.286. The lowest BCUT2D eigenvalue weighted by molar-refractivity contribution is 0.247. The summed E-state index contributed by atoms with van der Waals surface area (Å²) in [7, 11) is 0. The summed E-state index contributed by atoms with van der Waals surface area (Å²) >= 11 is 1.39.